The average Bonchev–Trinajstić information content (AvgIpc) is 2.39. The lowest BCUT2D eigenvalue weighted by Crippen LogP contribution is -2.17. The second-order valence-corrected chi connectivity index (χ2v) is 4.58. The lowest BCUT2D eigenvalue weighted by atomic mass is 10.1. The first-order valence-electron chi connectivity index (χ1n) is 6.36. The molecule has 0 radical (unpaired) electrons. The summed E-state index contributed by atoms with van der Waals surface area (Å²) in [5.41, 5.74) is 0.727. The molecule has 0 unspecified atom stereocenters. The molecule has 1 aromatic rings. The highest BCUT2D eigenvalue weighted by molar-refractivity contribution is 5.86. The zero-order chi connectivity index (χ0) is 15.0. The van der Waals surface area contributed by atoms with E-state index in [4.69, 9.17) is 9.84 Å². The van der Waals surface area contributed by atoms with Crippen molar-refractivity contribution in [3.63, 3.8) is 0 Å². The van der Waals surface area contributed by atoms with Gasteiger partial charge < -0.3 is 9.84 Å². The summed E-state index contributed by atoms with van der Waals surface area (Å²) in [5, 5.41) is 11.2. The van der Waals surface area contributed by atoms with E-state index >= 15 is 0 Å². The van der Waals surface area contributed by atoms with Crippen LogP contribution in [0, 0.1) is 23.6 Å². The van der Waals surface area contributed by atoms with E-state index in [1.807, 2.05) is 13.8 Å². The highest BCUT2D eigenvalue weighted by Crippen LogP contribution is 2.16. The maximum absolute atomic E-state index is 13.2. The highest BCUT2D eigenvalue weighted by Gasteiger charge is 2.08. The monoisotopic (exact) mass is 279 g/mol. The predicted octanol–water partition coefficient (Wildman–Crippen LogP) is 2.76. The van der Waals surface area contributed by atoms with Crippen molar-refractivity contribution < 1.29 is 19.0 Å². The molecule has 0 fully saturated rings. The number of carbonyl (C=O) groups excluding carboxylic acids is 1. The lowest BCUT2D eigenvalue weighted by Gasteiger charge is -2.10. The topological polar surface area (TPSA) is 58.6 Å². The van der Waals surface area contributed by atoms with Gasteiger partial charge in [-0.2, -0.15) is 0 Å². The fourth-order valence-corrected chi connectivity index (χ4v) is 1.33. The Morgan fingerprint density at radius 1 is 1.50 bits per heavy atom. The summed E-state index contributed by atoms with van der Waals surface area (Å²) in [5.74, 6) is 5.18. The van der Waals surface area contributed by atoms with Crippen molar-refractivity contribution in [2.75, 3.05) is 18.5 Å². The van der Waals surface area contributed by atoms with Crippen molar-refractivity contribution in [3.05, 3.63) is 29.6 Å². The number of amides is 1. The van der Waals surface area contributed by atoms with Crippen molar-refractivity contribution in [1.82, 2.24) is 0 Å². The molecule has 0 saturated heterocycles. The normalized spacial score (nSPS) is 9.85. The Kier molecular flexibility index (Phi) is 6.54. The number of aliphatic hydroxyl groups is 1. The molecule has 0 saturated carbocycles. The minimum atomic E-state index is -0.601. The van der Waals surface area contributed by atoms with Gasteiger partial charge in [-0.1, -0.05) is 25.7 Å². The minimum absolute atomic E-state index is 0.0679. The van der Waals surface area contributed by atoms with Crippen LogP contribution in [0.15, 0.2) is 18.2 Å². The Balaban J connectivity index is 2.79. The molecule has 0 aliphatic rings. The fourth-order valence-electron chi connectivity index (χ4n) is 1.33. The molecule has 20 heavy (non-hydrogen) atoms. The SMILES string of the molecule is CC(C)COC(=O)Nc1ccc(F)cc1C#CCCO. The number of halogens is 1. The van der Waals surface area contributed by atoms with Crippen LogP contribution in [0.1, 0.15) is 25.8 Å². The Morgan fingerprint density at radius 2 is 2.25 bits per heavy atom. The standard InChI is InChI=1S/C15H18FNO3/c1-11(2)10-20-15(19)17-14-7-6-13(16)9-12(14)5-3-4-8-18/h6-7,9,11,18H,4,8,10H2,1-2H3,(H,17,19). The van der Waals surface area contributed by atoms with Crippen LogP contribution >= 0.6 is 0 Å². The molecule has 108 valence electrons. The summed E-state index contributed by atoms with van der Waals surface area (Å²) in [4.78, 5) is 11.6. The van der Waals surface area contributed by atoms with Crippen LogP contribution in [-0.4, -0.2) is 24.4 Å². The molecule has 5 heteroatoms. The molecule has 0 atom stereocenters. The maximum Gasteiger partial charge on any atom is 0.411 e. The van der Waals surface area contributed by atoms with E-state index < -0.39 is 11.9 Å². The number of benzene rings is 1. The van der Waals surface area contributed by atoms with Gasteiger partial charge in [0, 0.05) is 6.42 Å². The number of hydrogen-bond donors (Lipinski definition) is 2. The van der Waals surface area contributed by atoms with E-state index in [1.54, 1.807) is 0 Å². The first kappa shape index (κ1) is 16.0. The molecule has 2 N–H and O–H groups in total. The van der Waals surface area contributed by atoms with Gasteiger partial charge in [0.25, 0.3) is 0 Å². The van der Waals surface area contributed by atoms with E-state index in [2.05, 4.69) is 17.2 Å². The van der Waals surface area contributed by atoms with E-state index in [9.17, 15) is 9.18 Å². The summed E-state index contributed by atoms with van der Waals surface area (Å²) in [6, 6.07) is 3.88. The van der Waals surface area contributed by atoms with Gasteiger partial charge in [-0.3, -0.25) is 5.32 Å². The third kappa shape index (κ3) is 5.72. The van der Waals surface area contributed by atoms with Gasteiger partial charge in [0.15, 0.2) is 0 Å². The summed E-state index contributed by atoms with van der Waals surface area (Å²) >= 11 is 0. The van der Waals surface area contributed by atoms with Crippen LogP contribution < -0.4 is 5.32 Å². The molecule has 0 bridgehead atoms. The third-order valence-corrected chi connectivity index (χ3v) is 2.23. The first-order valence-corrected chi connectivity index (χ1v) is 6.36. The Hall–Kier alpha value is -2.06. The van der Waals surface area contributed by atoms with E-state index in [0.29, 0.717) is 17.9 Å². The molecule has 4 nitrogen and oxygen atoms in total. The van der Waals surface area contributed by atoms with Gasteiger partial charge >= 0.3 is 6.09 Å². The maximum atomic E-state index is 13.2. The molecule has 0 spiro atoms. The summed E-state index contributed by atoms with van der Waals surface area (Å²) in [6.45, 7) is 4.09. The Morgan fingerprint density at radius 3 is 2.90 bits per heavy atom. The average molecular weight is 279 g/mol. The largest absolute Gasteiger partial charge is 0.449 e. The number of aliphatic hydroxyl groups excluding tert-OH is 1. The molecule has 1 amide bonds. The zero-order valence-electron chi connectivity index (χ0n) is 11.6. The van der Waals surface area contributed by atoms with E-state index in [0.717, 1.165) is 0 Å². The molecule has 1 rings (SSSR count). The van der Waals surface area contributed by atoms with Crippen LogP contribution in [-0.2, 0) is 4.74 Å². The molecule has 0 aliphatic heterocycles. The van der Waals surface area contributed by atoms with Crippen LogP contribution in [0.3, 0.4) is 0 Å². The molecule has 0 heterocycles. The van der Waals surface area contributed by atoms with Gasteiger partial charge in [-0.25, -0.2) is 9.18 Å². The number of nitrogens with one attached hydrogen (secondary N) is 1. The summed E-state index contributed by atoms with van der Waals surface area (Å²) in [7, 11) is 0. The van der Waals surface area contributed by atoms with Crippen molar-refractivity contribution in [2.45, 2.75) is 20.3 Å². The van der Waals surface area contributed by atoms with Crippen molar-refractivity contribution >= 4 is 11.8 Å². The molecule has 0 aliphatic carbocycles. The van der Waals surface area contributed by atoms with Gasteiger partial charge in [-0.05, 0) is 24.1 Å². The Labute approximate surface area is 117 Å². The van der Waals surface area contributed by atoms with E-state index in [1.165, 1.54) is 18.2 Å². The number of carbonyl (C=O) groups is 1. The zero-order valence-corrected chi connectivity index (χ0v) is 11.6. The quantitative estimate of drug-likeness (QED) is 0.833. The highest BCUT2D eigenvalue weighted by atomic mass is 19.1. The van der Waals surface area contributed by atoms with Crippen molar-refractivity contribution in [3.8, 4) is 11.8 Å². The third-order valence-electron chi connectivity index (χ3n) is 2.23. The second kappa shape index (κ2) is 8.18. The smallest absolute Gasteiger partial charge is 0.411 e. The number of rotatable bonds is 4. The van der Waals surface area contributed by atoms with Crippen LogP contribution in [0.5, 0.6) is 0 Å². The number of hydrogen-bond acceptors (Lipinski definition) is 3. The van der Waals surface area contributed by atoms with Gasteiger partial charge in [0.2, 0.25) is 0 Å². The summed E-state index contributed by atoms with van der Waals surface area (Å²) < 4.78 is 18.2. The predicted molar refractivity (Wildman–Crippen MR) is 74.8 cm³/mol. The van der Waals surface area contributed by atoms with Crippen LogP contribution in [0.2, 0.25) is 0 Å². The summed E-state index contributed by atoms with van der Waals surface area (Å²) in [6.07, 6.45) is -0.316. The van der Waals surface area contributed by atoms with Gasteiger partial charge in [-0.15, -0.1) is 0 Å². The second-order valence-electron chi connectivity index (χ2n) is 4.58. The molecular weight excluding hydrogens is 261 g/mol. The molecule has 1 aromatic carbocycles. The number of anilines is 1. The lowest BCUT2D eigenvalue weighted by molar-refractivity contribution is 0.147. The van der Waals surface area contributed by atoms with Crippen LogP contribution in [0.25, 0.3) is 0 Å². The minimum Gasteiger partial charge on any atom is -0.449 e. The van der Waals surface area contributed by atoms with Gasteiger partial charge in [0.1, 0.15) is 5.82 Å². The van der Waals surface area contributed by atoms with E-state index in [-0.39, 0.29) is 18.9 Å². The Bertz CT molecular complexity index is 518. The molecular formula is C15H18FNO3. The molecule has 0 aromatic heterocycles. The fraction of sp³-hybridized carbons (Fsp3) is 0.400. The number of ether oxygens (including phenoxy) is 1. The van der Waals surface area contributed by atoms with Crippen LogP contribution in [0.4, 0.5) is 14.9 Å². The first-order chi connectivity index (χ1) is 9.52. The van der Waals surface area contributed by atoms with Crippen molar-refractivity contribution in [1.29, 1.82) is 0 Å². The van der Waals surface area contributed by atoms with Gasteiger partial charge in [0.05, 0.1) is 24.5 Å². The van der Waals surface area contributed by atoms with Crippen molar-refractivity contribution in [2.24, 2.45) is 5.92 Å².